The SMILES string of the molecule is Cc1nc(CCNCC(C)C(N)=NO)cs1. The number of nitrogens with zero attached hydrogens (tertiary/aromatic N) is 2. The van der Waals surface area contributed by atoms with Crippen LogP contribution in [0.5, 0.6) is 0 Å². The average molecular weight is 242 g/mol. The fourth-order valence-corrected chi connectivity index (χ4v) is 1.91. The van der Waals surface area contributed by atoms with Crippen molar-refractivity contribution in [3.05, 3.63) is 16.1 Å². The zero-order valence-corrected chi connectivity index (χ0v) is 10.4. The van der Waals surface area contributed by atoms with Crippen molar-refractivity contribution in [1.82, 2.24) is 10.3 Å². The molecule has 0 aliphatic heterocycles. The van der Waals surface area contributed by atoms with E-state index in [1.807, 2.05) is 13.8 Å². The number of hydrogen-bond acceptors (Lipinski definition) is 5. The van der Waals surface area contributed by atoms with E-state index in [1.165, 1.54) is 0 Å². The lowest BCUT2D eigenvalue weighted by Crippen LogP contribution is -2.32. The van der Waals surface area contributed by atoms with Gasteiger partial charge in [-0.25, -0.2) is 4.98 Å². The fraction of sp³-hybridized carbons (Fsp3) is 0.600. The Kier molecular flexibility index (Phi) is 5.21. The molecule has 1 aromatic heterocycles. The van der Waals surface area contributed by atoms with Gasteiger partial charge in [-0.1, -0.05) is 12.1 Å². The molecule has 0 aliphatic carbocycles. The molecule has 0 radical (unpaired) electrons. The van der Waals surface area contributed by atoms with Crippen molar-refractivity contribution in [2.45, 2.75) is 20.3 Å². The molecule has 90 valence electrons. The van der Waals surface area contributed by atoms with Crippen LogP contribution >= 0.6 is 11.3 Å². The van der Waals surface area contributed by atoms with Crippen molar-refractivity contribution in [2.75, 3.05) is 13.1 Å². The lowest BCUT2D eigenvalue weighted by atomic mass is 10.1. The summed E-state index contributed by atoms with van der Waals surface area (Å²) < 4.78 is 0. The maximum atomic E-state index is 8.47. The summed E-state index contributed by atoms with van der Waals surface area (Å²) >= 11 is 1.67. The van der Waals surface area contributed by atoms with Gasteiger partial charge >= 0.3 is 0 Å². The van der Waals surface area contributed by atoms with Gasteiger partial charge in [-0.3, -0.25) is 0 Å². The minimum absolute atomic E-state index is 0.0437. The van der Waals surface area contributed by atoms with Gasteiger partial charge in [0.25, 0.3) is 0 Å². The Morgan fingerprint density at radius 1 is 1.75 bits per heavy atom. The lowest BCUT2D eigenvalue weighted by molar-refractivity contribution is 0.314. The van der Waals surface area contributed by atoms with Gasteiger partial charge in [-0.15, -0.1) is 11.3 Å². The van der Waals surface area contributed by atoms with Crippen LogP contribution < -0.4 is 11.1 Å². The van der Waals surface area contributed by atoms with Crippen molar-refractivity contribution in [3.8, 4) is 0 Å². The van der Waals surface area contributed by atoms with Gasteiger partial charge in [-0.2, -0.15) is 0 Å². The van der Waals surface area contributed by atoms with E-state index in [2.05, 4.69) is 20.8 Å². The molecule has 1 rings (SSSR count). The molecular weight excluding hydrogens is 224 g/mol. The molecule has 0 saturated heterocycles. The molecule has 0 fully saturated rings. The van der Waals surface area contributed by atoms with Crippen molar-refractivity contribution in [3.63, 3.8) is 0 Å². The molecule has 0 bridgehead atoms. The highest BCUT2D eigenvalue weighted by Crippen LogP contribution is 2.07. The van der Waals surface area contributed by atoms with Crippen molar-refractivity contribution in [2.24, 2.45) is 16.8 Å². The van der Waals surface area contributed by atoms with Gasteiger partial charge in [-0.05, 0) is 6.92 Å². The molecule has 0 saturated carbocycles. The molecule has 0 amide bonds. The van der Waals surface area contributed by atoms with Crippen LogP contribution in [-0.4, -0.2) is 29.1 Å². The van der Waals surface area contributed by atoms with E-state index in [-0.39, 0.29) is 11.8 Å². The number of nitrogens with one attached hydrogen (secondary N) is 1. The van der Waals surface area contributed by atoms with Gasteiger partial charge in [0.15, 0.2) is 0 Å². The second kappa shape index (κ2) is 6.44. The van der Waals surface area contributed by atoms with Crippen LogP contribution in [0.1, 0.15) is 17.6 Å². The number of hydrogen-bond donors (Lipinski definition) is 3. The summed E-state index contributed by atoms with van der Waals surface area (Å²) in [5.41, 5.74) is 6.58. The average Bonchev–Trinajstić information content (AvgIpc) is 2.69. The molecule has 16 heavy (non-hydrogen) atoms. The molecule has 0 spiro atoms. The van der Waals surface area contributed by atoms with Crippen LogP contribution in [0.3, 0.4) is 0 Å². The topological polar surface area (TPSA) is 83.5 Å². The van der Waals surface area contributed by atoms with Crippen molar-refractivity contribution >= 4 is 17.2 Å². The van der Waals surface area contributed by atoms with Crippen LogP contribution in [0.2, 0.25) is 0 Å². The molecule has 1 unspecified atom stereocenters. The molecule has 0 aliphatic rings. The summed E-state index contributed by atoms with van der Waals surface area (Å²) in [6.45, 7) is 5.47. The molecule has 1 heterocycles. The number of thiazole rings is 1. The van der Waals surface area contributed by atoms with Crippen LogP contribution in [-0.2, 0) is 6.42 Å². The summed E-state index contributed by atoms with van der Waals surface area (Å²) in [5, 5.41) is 17.9. The normalized spacial score (nSPS) is 14.0. The summed E-state index contributed by atoms with van der Waals surface area (Å²) in [6, 6.07) is 0. The Hall–Kier alpha value is -1.14. The van der Waals surface area contributed by atoms with E-state index < -0.39 is 0 Å². The third-order valence-corrected chi connectivity index (χ3v) is 3.12. The lowest BCUT2D eigenvalue weighted by Gasteiger charge is -2.10. The Bertz CT molecular complexity index is 350. The predicted octanol–water partition coefficient (Wildman–Crippen LogP) is 0.966. The van der Waals surface area contributed by atoms with Crippen molar-refractivity contribution < 1.29 is 5.21 Å². The van der Waals surface area contributed by atoms with Gasteiger partial charge in [0.1, 0.15) is 5.84 Å². The van der Waals surface area contributed by atoms with E-state index in [4.69, 9.17) is 10.9 Å². The zero-order valence-electron chi connectivity index (χ0n) is 9.60. The summed E-state index contributed by atoms with van der Waals surface area (Å²) in [6.07, 6.45) is 0.910. The standard InChI is InChI=1S/C10H18N4OS/c1-7(10(11)14-15)5-12-4-3-9-6-16-8(2)13-9/h6-7,12,15H,3-5H2,1-2H3,(H2,11,14). The van der Waals surface area contributed by atoms with Crippen LogP contribution in [0, 0.1) is 12.8 Å². The Balaban J connectivity index is 2.17. The van der Waals surface area contributed by atoms with Gasteiger partial charge in [0.2, 0.25) is 0 Å². The first-order valence-electron chi connectivity index (χ1n) is 5.22. The first-order chi connectivity index (χ1) is 7.63. The molecule has 4 N–H and O–H groups in total. The molecule has 1 atom stereocenters. The molecule has 0 aromatic carbocycles. The quantitative estimate of drug-likeness (QED) is 0.228. The minimum atomic E-state index is 0.0437. The van der Waals surface area contributed by atoms with E-state index >= 15 is 0 Å². The number of rotatable bonds is 6. The first-order valence-corrected chi connectivity index (χ1v) is 6.10. The minimum Gasteiger partial charge on any atom is -0.409 e. The molecule has 6 heteroatoms. The van der Waals surface area contributed by atoms with Gasteiger partial charge in [0.05, 0.1) is 10.7 Å². The van der Waals surface area contributed by atoms with E-state index in [0.717, 1.165) is 23.7 Å². The van der Waals surface area contributed by atoms with Crippen LogP contribution in [0.4, 0.5) is 0 Å². The highest BCUT2D eigenvalue weighted by atomic mass is 32.1. The molecule has 1 aromatic rings. The van der Waals surface area contributed by atoms with Crippen LogP contribution in [0.15, 0.2) is 10.5 Å². The third-order valence-electron chi connectivity index (χ3n) is 2.30. The summed E-state index contributed by atoms with van der Waals surface area (Å²) in [7, 11) is 0. The number of aryl methyl sites for hydroxylation is 1. The largest absolute Gasteiger partial charge is 0.409 e. The van der Waals surface area contributed by atoms with E-state index in [0.29, 0.717) is 6.54 Å². The first kappa shape index (κ1) is 12.9. The number of aromatic nitrogens is 1. The summed E-state index contributed by atoms with van der Waals surface area (Å²) in [4.78, 5) is 4.37. The second-order valence-corrected chi connectivity index (χ2v) is 4.80. The zero-order chi connectivity index (χ0) is 12.0. The van der Waals surface area contributed by atoms with Crippen LogP contribution in [0.25, 0.3) is 0 Å². The highest BCUT2D eigenvalue weighted by Gasteiger charge is 2.06. The fourth-order valence-electron chi connectivity index (χ4n) is 1.26. The number of oxime groups is 1. The number of amidine groups is 1. The van der Waals surface area contributed by atoms with E-state index in [1.54, 1.807) is 11.3 Å². The Morgan fingerprint density at radius 3 is 3.06 bits per heavy atom. The highest BCUT2D eigenvalue weighted by molar-refractivity contribution is 7.09. The smallest absolute Gasteiger partial charge is 0.143 e. The monoisotopic (exact) mass is 242 g/mol. The second-order valence-electron chi connectivity index (χ2n) is 3.74. The van der Waals surface area contributed by atoms with Crippen molar-refractivity contribution in [1.29, 1.82) is 0 Å². The summed E-state index contributed by atoms with van der Waals surface area (Å²) in [5.74, 6) is 0.305. The third kappa shape index (κ3) is 4.16. The number of nitrogens with two attached hydrogens (primary N) is 1. The Labute approximate surface area is 99.4 Å². The van der Waals surface area contributed by atoms with Gasteiger partial charge in [0, 0.05) is 30.8 Å². The molecule has 5 nitrogen and oxygen atoms in total. The van der Waals surface area contributed by atoms with Gasteiger partial charge < -0.3 is 16.3 Å². The molecular formula is C10H18N4OS. The maximum absolute atomic E-state index is 8.47. The Morgan fingerprint density at radius 2 is 2.50 bits per heavy atom. The van der Waals surface area contributed by atoms with E-state index in [9.17, 15) is 0 Å². The maximum Gasteiger partial charge on any atom is 0.143 e. The predicted molar refractivity (Wildman–Crippen MR) is 66.0 cm³/mol.